The van der Waals surface area contributed by atoms with Crippen molar-refractivity contribution in [1.29, 1.82) is 0 Å². The minimum absolute atomic E-state index is 0.126. The number of esters is 2. The average Bonchev–Trinajstić information content (AvgIpc) is 2.68. The first-order valence-corrected chi connectivity index (χ1v) is 9.38. The van der Waals surface area contributed by atoms with Gasteiger partial charge in [0.05, 0.1) is 11.5 Å². The summed E-state index contributed by atoms with van der Waals surface area (Å²) in [5.74, 6) is -0.0994. The van der Waals surface area contributed by atoms with E-state index in [1.165, 1.54) is 5.57 Å². The van der Waals surface area contributed by atoms with Crippen LogP contribution in [0.5, 0.6) is 11.5 Å². The molecule has 2 aromatic rings. The van der Waals surface area contributed by atoms with Gasteiger partial charge < -0.3 is 9.47 Å². The molecule has 0 saturated heterocycles. The third-order valence-electron chi connectivity index (χ3n) is 4.81. The highest BCUT2D eigenvalue weighted by atomic mass is 16.5. The number of ether oxygens (including phenoxy) is 2. The van der Waals surface area contributed by atoms with E-state index in [0.29, 0.717) is 23.5 Å². The van der Waals surface area contributed by atoms with Crippen molar-refractivity contribution < 1.29 is 19.1 Å². The lowest BCUT2D eigenvalue weighted by atomic mass is 9.90. The van der Waals surface area contributed by atoms with E-state index in [1.54, 1.807) is 48.5 Å². The Labute approximate surface area is 165 Å². The molecule has 144 valence electrons. The summed E-state index contributed by atoms with van der Waals surface area (Å²) in [5.41, 5.74) is 3.52. The van der Waals surface area contributed by atoms with Crippen molar-refractivity contribution in [2.45, 2.75) is 33.1 Å². The van der Waals surface area contributed by atoms with Crippen LogP contribution in [-0.4, -0.2) is 11.9 Å². The van der Waals surface area contributed by atoms with Gasteiger partial charge in [0.2, 0.25) is 0 Å². The average molecular weight is 376 g/mol. The minimum atomic E-state index is -0.466. The second-order valence-corrected chi connectivity index (χ2v) is 7.14. The highest BCUT2D eigenvalue weighted by Gasteiger charge is 2.22. The number of carbonyl (C=O) groups excluding carboxylic acids is 2. The lowest BCUT2D eigenvalue weighted by Gasteiger charge is -2.19. The molecule has 1 unspecified atom stereocenters. The topological polar surface area (TPSA) is 52.6 Å². The number of carbonyl (C=O) groups is 2. The van der Waals surface area contributed by atoms with E-state index in [1.807, 2.05) is 6.92 Å². The molecule has 1 aliphatic rings. The van der Waals surface area contributed by atoms with Crippen LogP contribution >= 0.6 is 0 Å². The van der Waals surface area contributed by atoms with Crippen molar-refractivity contribution >= 4 is 18.0 Å². The van der Waals surface area contributed by atoms with Crippen LogP contribution < -0.4 is 9.47 Å². The smallest absolute Gasteiger partial charge is 0.343 e. The first-order valence-electron chi connectivity index (χ1n) is 9.38. The number of allylic oxidation sites excluding steroid dienone is 2. The largest absolute Gasteiger partial charge is 0.426 e. The minimum Gasteiger partial charge on any atom is -0.426 e. The molecule has 4 nitrogen and oxygen atoms in total. The van der Waals surface area contributed by atoms with E-state index in [2.05, 4.69) is 19.6 Å². The van der Waals surface area contributed by atoms with E-state index in [9.17, 15) is 9.59 Å². The highest BCUT2D eigenvalue weighted by molar-refractivity contribution is 5.91. The molecule has 2 aromatic carbocycles. The summed E-state index contributed by atoms with van der Waals surface area (Å²) in [6, 6.07) is 12.0. The predicted molar refractivity (Wildman–Crippen MR) is 109 cm³/mol. The molecule has 0 spiro atoms. The quantitative estimate of drug-likeness (QED) is 0.392. The molecular weight excluding hydrogens is 352 g/mol. The molecule has 0 bridgehead atoms. The van der Waals surface area contributed by atoms with Crippen molar-refractivity contribution in [3.63, 3.8) is 0 Å². The summed E-state index contributed by atoms with van der Waals surface area (Å²) in [5, 5.41) is 0. The number of hydrogen-bond donors (Lipinski definition) is 0. The molecule has 0 N–H and O–H groups in total. The van der Waals surface area contributed by atoms with Crippen LogP contribution in [0.4, 0.5) is 0 Å². The SMILES string of the molecule is C=Cc1ccc(C(=O)Oc2cc(C)cc(OC(=O)C3CC=C(C)CC3)c2)cc1. The van der Waals surface area contributed by atoms with Gasteiger partial charge in [-0.1, -0.05) is 36.4 Å². The van der Waals surface area contributed by atoms with Crippen molar-refractivity contribution in [3.05, 3.63) is 77.4 Å². The summed E-state index contributed by atoms with van der Waals surface area (Å²) >= 11 is 0. The third-order valence-corrected chi connectivity index (χ3v) is 4.81. The maximum Gasteiger partial charge on any atom is 0.343 e. The first kappa shape index (κ1) is 19.6. The molecule has 4 heteroatoms. The molecule has 0 aliphatic heterocycles. The van der Waals surface area contributed by atoms with Crippen LogP contribution in [0.1, 0.15) is 47.7 Å². The Bertz CT molecular complexity index is 922. The molecule has 0 aromatic heterocycles. The Morgan fingerprint density at radius 2 is 1.71 bits per heavy atom. The monoisotopic (exact) mass is 376 g/mol. The molecule has 1 atom stereocenters. The Morgan fingerprint density at radius 1 is 1.04 bits per heavy atom. The number of hydrogen-bond acceptors (Lipinski definition) is 4. The number of aryl methyl sites for hydroxylation is 1. The van der Waals surface area contributed by atoms with Crippen molar-refractivity contribution in [2.24, 2.45) is 5.92 Å². The lowest BCUT2D eigenvalue weighted by molar-refractivity contribution is -0.139. The third kappa shape index (κ3) is 4.97. The van der Waals surface area contributed by atoms with Crippen LogP contribution in [0.15, 0.2) is 60.7 Å². The van der Waals surface area contributed by atoms with Gasteiger partial charge >= 0.3 is 11.9 Å². The van der Waals surface area contributed by atoms with E-state index in [4.69, 9.17) is 9.47 Å². The van der Waals surface area contributed by atoms with Gasteiger partial charge in [-0.05, 0) is 68.5 Å². The second-order valence-electron chi connectivity index (χ2n) is 7.14. The zero-order chi connectivity index (χ0) is 20.1. The summed E-state index contributed by atoms with van der Waals surface area (Å²) in [6.45, 7) is 7.63. The van der Waals surface area contributed by atoms with Gasteiger partial charge in [0.15, 0.2) is 0 Å². The fourth-order valence-electron chi connectivity index (χ4n) is 3.13. The Balaban J connectivity index is 1.69. The maximum absolute atomic E-state index is 12.4. The molecular formula is C24H24O4. The number of benzene rings is 2. The molecule has 1 aliphatic carbocycles. The van der Waals surface area contributed by atoms with Gasteiger partial charge in [-0.2, -0.15) is 0 Å². The molecule has 28 heavy (non-hydrogen) atoms. The van der Waals surface area contributed by atoms with Gasteiger partial charge in [0.25, 0.3) is 0 Å². The predicted octanol–water partition coefficient (Wildman–Crippen LogP) is 5.51. The fraction of sp³-hybridized carbons (Fsp3) is 0.250. The molecule has 0 saturated carbocycles. The van der Waals surface area contributed by atoms with E-state index in [-0.39, 0.29) is 11.9 Å². The molecule has 0 heterocycles. The van der Waals surface area contributed by atoms with Gasteiger partial charge in [0, 0.05) is 6.07 Å². The second kappa shape index (κ2) is 8.70. The van der Waals surface area contributed by atoms with Crippen LogP contribution in [0, 0.1) is 12.8 Å². The Hall–Kier alpha value is -3.14. The van der Waals surface area contributed by atoms with E-state index >= 15 is 0 Å². The van der Waals surface area contributed by atoms with Crippen LogP contribution in [0.25, 0.3) is 6.08 Å². The molecule has 0 amide bonds. The highest BCUT2D eigenvalue weighted by Crippen LogP contribution is 2.28. The van der Waals surface area contributed by atoms with Crippen LogP contribution in [-0.2, 0) is 4.79 Å². The van der Waals surface area contributed by atoms with E-state index in [0.717, 1.165) is 24.0 Å². The Morgan fingerprint density at radius 3 is 2.32 bits per heavy atom. The van der Waals surface area contributed by atoms with Gasteiger partial charge in [-0.25, -0.2) is 4.79 Å². The van der Waals surface area contributed by atoms with Crippen molar-refractivity contribution in [2.75, 3.05) is 0 Å². The molecule has 0 radical (unpaired) electrons. The summed E-state index contributed by atoms with van der Waals surface area (Å²) in [4.78, 5) is 24.8. The lowest BCUT2D eigenvalue weighted by Crippen LogP contribution is -2.22. The Kier molecular flexibility index (Phi) is 6.09. The van der Waals surface area contributed by atoms with Gasteiger partial charge in [-0.15, -0.1) is 0 Å². The summed E-state index contributed by atoms with van der Waals surface area (Å²) < 4.78 is 11.0. The zero-order valence-corrected chi connectivity index (χ0v) is 16.2. The summed E-state index contributed by atoms with van der Waals surface area (Å²) in [6.07, 6.45) is 6.23. The van der Waals surface area contributed by atoms with Crippen LogP contribution in [0.2, 0.25) is 0 Å². The van der Waals surface area contributed by atoms with Gasteiger partial charge in [-0.3, -0.25) is 4.79 Å². The zero-order valence-electron chi connectivity index (χ0n) is 16.2. The van der Waals surface area contributed by atoms with Crippen molar-refractivity contribution in [1.82, 2.24) is 0 Å². The normalized spacial score (nSPS) is 16.1. The van der Waals surface area contributed by atoms with E-state index < -0.39 is 5.97 Å². The van der Waals surface area contributed by atoms with Crippen molar-refractivity contribution in [3.8, 4) is 11.5 Å². The molecule has 0 fully saturated rings. The molecule has 3 rings (SSSR count). The number of rotatable bonds is 5. The standard InChI is InChI=1S/C24H24O4/c1-4-18-7-11-20(12-8-18)24(26)28-22-14-17(3)13-21(15-22)27-23(25)19-9-5-16(2)6-10-19/h4-5,7-8,11-15,19H,1,6,9-10H2,2-3H3. The van der Waals surface area contributed by atoms with Gasteiger partial charge in [0.1, 0.15) is 11.5 Å². The first-order chi connectivity index (χ1) is 13.4. The maximum atomic E-state index is 12.4. The fourth-order valence-corrected chi connectivity index (χ4v) is 3.13. The van der Waals surface area contributed by atoms with Crippen LogP contribution in [0.3, 0.4) is 0 Å². The summed E-state index contributed by atoms with van der Waals surface area (Å²) in [7, 11) is 0.